The maximum absolute atomic E-state index is 12.2. The summed E-state index contributed by atoms with van der Waals surface area (Å²) in [6.45, 7) is 3.92. The molecule has 0 fully saturated rings. The Balaban J connectivity index is 1.86. The molecule has 0 aliphatic heterocycles. The first-order chi connectivity index (χ1) is 18.1. The molecule has 0 bridgehead atoms. The molecule has 3 aromatic rings. The molecule has 3 rings (SSSR count). The van der Waals surface area contributed by atoms with E-state index < -0.39 is 11.9 Å². The van der Waals surface area contributed by atoms with Crippen molar-refractivity contribution in [1.82, 2.24) is 5.32 Å². The number of carboxylic acid groups (broad SMARTS) is 1. The molecule has 0 saturated carbocycles. The standard InChI is InChI=1S/C28H27Cl2N3O5/c1-17(2)37-23-7-3-18(4-8-23)25(16-33-22-14-20(29)13-21(30)15-22)27(31)38-24-9-5-19(6-10-24)28(36)32-12-11-26(34)35/h3-10,13-17H,11-12,31H2,1-2H3,(H,32,36)(H,34,35). The van der Waals surface area contributed by atoms with Crippen molar-refractivity contribution in [1.29, 1.82) is 0 Å². The molecule has 0 aliphatic carbocycles. The van der Waals surface area contributed by atoms with Crippen LogP contribution in [-0.2, 0) is 4.79 Å². The smallest absolute Gasteiger partial charge is 0.305 e. The second kappa shape index (κ2) is 13.5. The van der Waals surface area contributed by atoms with Gasteiger partial charge in [0.1, 0.15) is 11.5 Å². The Morgan fingerprint density at radius 2 is 1.55 bits per heavy atom. The number of nitrogens with one attached hydrogen (secondary N) is 1. The molecule has 38 heavy (non-hydrogen) atoms. The molecular formula is C28H27Cl2N3O5. The van der Waals surface area contributed by atoms with Crippen LogP contribution in [0, 0.1) is 0 Å². The van der Waals surface area contributed by atoms with Gasteiger partial charge in [-0.25, -0.2) is 0 Å². The zero-order chi connectivity index (χ0) is 27.7. The van der Waals surface area contributed by atoms with E-state index in [-0.39, 0.29) is 25.0 Å². The van der Waals surface area contributed by atoms with Crippen LogP contribution in [0.15, 0.2) is 77.6 Å². The minimum atomic E-state index is -0.990. The Hall–Kier alpha value is -4.01. The number of nitrogens with two attached hydrogens (primary N) is 1. The number of ether oxygens (including phenoxy) is 2. The Bertz CT molecular complexity index is 1320. The Labute approximate surface area is 230 Å². The first-order valence-corrected chi connectivity index (χ1v) is 12.4. The molecule has 0 unspecified atom stereocenters. The highest BCUT2D eigenvalue weighted by atomic mass is 35.5. The Morgan fingerprint density at radius 1 is 0.974 bits per heavy atom. The van der Waals surface area contributed by atoms with E-state index in [4.69, 9.17) is 43.5 Å². The molecule has 0 aliphatic rings. The first kappa shape index (κ1) is 28.6. The first-order valence-electron chi connectivity index (χ1n) is 11.7. The molecule has 10 heteroatoms. The molecule has 0 spiro atoms. The van der Waals surface area contributed by atoms with Gasteiger partial charge < -0.3 is 25.6 Å². The van der Waals surface area contributed by atoms with Crippen molar-refractivity contribution in [3.05, 3.63) is 93.8 Å². The molecule has 0 atom stereocenters. The van der Waals surface area contributed by atoms with Gasteiger partial charge in [-0.15, -0.1) is 0 Å². The van der Waals surface area contributed by atoms with Crippen molar-refractivity contribution in [2.75, 3.05) is 6.54 Å². The lowest BCUT2D eigenvalue weighted by molar-refractivity contribution is -0.136. The van der Waals surface area contributed by atoms with Gasteiger partial charge >= 0.3 is 5.97 Å². The lowest BCUT2D eigenvalue weighted by atomic mass is 10.1. The van der Waals surface area contributed by atoms with E-state index in [1.165, 1.54) is 0 Å². The summed E-state index contributed by atoms with van der Waals surface area (Å²) in [4.78, 5) is 27.3. The molecule has 3 aromatic carbocycles. The predicted octanol–water partition coefficient (Wildman–Crippen LogP) is 6.09. The summed E-state index contributed by atoms with van der Waals surface area (Å²) in [6, 6.07) is 18.5. The van der Waals surface area contributed by atoms with E-state index in [0.717, 1.165) is 5.56 Å². The number of rotatable bonds is 11. The fourth-order valence-electron chi connectivity index (χ4n) is 3.26. The number of carboxylic acids is 1. The summed E-state index contributed by atoms with van der Waals surface area (Å²) in [5.74, 6) is -0.216. The van der Waals surface area contributed by atoms with Crippen LogP contribution in [0.1, 0.15) is 36.2 Å². The number of carbonyl (C=O) groups is 2. The van der Waals surface area contributed by atoms with Crippen LogP contribution in [-0.4, -0.2) is 35.8 Å². The van der Waals surface area contributed by atoms with Crippen LogP contribution in [0.4, 0.5) is 5.69 Å². The van der Waals surface area contributed by atoms with Crippen molar-refractivity contribution < 1.29 is 24.2 Å². The lowest BCUT2D eigenvalue weighted by Gasteiger charge is -2.13. The van der Waals surface area contributed by atoms with Gasteiger partial charge in [-0.2, -0.15) is 0 Å². The average Bonchev–Trinajstić information content (AvgIpc) is 2.84. The SMILES string of the molecule is CC(C)Oc1ccc(C(C=Nc2cc(Cl)cc(Cl)c2)=C(N)Oc2ccc(C(=O)NCCC(=O)O)cc2)cc1. The van der Waals surface area contributed by atoms with Crippen LogP contribution in [0.5, 0.6) is 11.5 Å². The van der Waals surface area contributed by atoms with Gasteiger partial charge in [0.15, 0.2) is 5.88 Å². The fraction of sp³-hybridized carbons (Fsp3) is 0.179. The molecule has 0 radical (unpaired) electrons. The van der Waals surface area contributed by atoms with Gasteiger partial charge in [-0.1, -0.05) is 35.3 Å². The molecule has 0 saturated heterocycles. The summed E-state index contributed by atoms with van der Waals surface area (Å²) in [6.07, 6.45) is 1.42. The van der Waals surface area contributed by atoms with Crippen molar-refractivity contribution in [2.24, 2.45) is 10.7 Å². The van der Waals surface area contributed by atoms with E-state index in [2.05, 4.69) is 10.3 Å². The van der Waals surface area contributed by atoms with Gasteiger partial charge in [0.05, 0.1) is 23.8 Å². The lowest BCUT2D eigenvalue weighted by Crippen LogP contribution is -2.25. The maximum Gasteiger partial charge on any atom is 0.305 e. The third-order valence-corrected chi connectivity index (χ3v) is 5.40. The van der Waals surface area contributed by atoms with E-state index in [0.29, 0.717) is 38.4 Å². The summed E-state index contributed by atoms with van der Waals surface area (Å²) in [5, 5.41) is 12.1. The summed E-state index contributed by atoms with van der Waals surface area (Å²) < 4.78 is 11.6. The minimum Gasteiger partial charge on any atom is -0.491 e. The van der Waals surface area contributed by atoms with E-state index in [9.17, 15) is 9.59 Å². The molecule has 1 amide bonds. The fourth-order valence-corrected chi connectivity index (χ4v) is 3.77. The van der Waals surface area contributed by atoms with Gasteiger partial charge in [0.2, 0.25) is 0 Å². The van der Waals surface area contributed by atoms with Crippen LogP contribution in [0.25, 0.3) is 5.57 Å². The highest BCUT2D eigenvalue weighted by Crippen LogP contribution is 2.27. The van der Waals surface area contributed by atoms with Crippen LogP contribution in [0.3, 0.4) is 0 Å². The van der Waals surface area contributed by atoms with Crippen LogP contribution < -0.4 is 20.5 Å². The number of benzene rings is 3. The van der Waals surface area contributed by atoms with Crippen molar-refractivity contribution in [3.63, 3.8) is 0 Å². The van der Waals surface area contributed by atoms with E-state index >= 15 is 0 Å². The number of carbonyl (C=O) groups excluding carboxylic acids is 1. The third kappa shape index (κ3) is 8.83. The largest absolute Gasteiger partial charge is 0.491 e. The van der Waals surface area contributed by atoms with Gasteiger partial charge in [-0.05, 0) is 74.0 Å². The number of hydrogen-bond donors (Lipinski definition) is 3. The van der Waals surface area contributed by atoms with Crippen LogP contribution >= 0.6 is 23.2 Å². The number of amides is 1. The number of nitrogens with zero attached hydrogens (tertiary/aromatic N) is 1. The van der Waals surface area contributed by atoms with Crippen molar-refractivity contribution in [2.45, 2.75) is 26.4 Å². The normalized spacial score (nSPS) is 11.8. The Morgan fingerprint density at radius 3 is 2.13 bits per heavy atom. The van der Waals surface area contributed by atoms with Gasteiger partial charge in [0, 0.05) is 28.4 Å². The number of aliphatic imine (C=N–C) groups is 1. The highest BCUT2D eigenvalue weighted by Gasteiger charge is 2.11. The van der Waals surface area contributed by atoms with E-state index in [1.807, 2.05) is 38.1 Å². The van der Waals surface area contributed by atoms with E-state index in [1.54, 1.807) is 48.7 Å². The second-order valence-electron chi connectivity index (χ2n) is 8.38. The number of aliphatic carboxylic acids is 1. The number of halogens is 2. The van der Waals surface area contributed by atoms with Crippen molar-refractivity contribution in [3.8, 4) is 11.5 Å². The summed E-state index contributed by atoms with van der Waals surface area (Å²) >= 11 is 12.2. The zero-order valence-corrected chi connectivity index (χ0v) is 22.3. The highest BCUT2D eigenvalue weighted by molar-refractivity contribution is 6.35. The molecule has 4 N–H and O–H groups in total. The molecule has 0 aromatic heterocycles. The third-order valence-electron chi connectivity index (χ3n) is 4.96. The summed E-state index contributed by atoms with van der Waals surface area (Å²) in [7, 11) is 0. The molecular weight excluding hydrogens is 529 g/mol. The number of hydrogen-bond acceptors (Lipinski definition) is 6. The second-order valence-corrected chi connectivity index (χ2v) is 9.25. The zero-order valence-electron chi connectivity index (χ0n) is 20.8. The van der Waals surface area contributed by atoms with Gasteiger partial charge in [-0.3, -0.25) is 14.6 Å². The monoisotopic (exact) mass is 555 g/mol. The van der Waals surface area contributed by atoms with Crippen LogP contribution in [0.2, 0.25) is 10.0 Å². The summed E-state index contributed by atoms with van der Waals surface area (Å²) in [5.41, 5.74) is 8.47. The average molecular weight is 556 g/mol. The molecule has 0 heterocycles. The molecule has 8 nitrogen and oxygen atoms in total. The maximum atomic E-state index is 12.2. The minimum absolute atomic E-state index is 0.0284. The topological polar surface area (TPSA) is 123 Å². The Kier molecular flexibility index (Phi) is 10.2. The van der Waals surface area contributed by atoms with Crippen molar-refractivity contribution >= 4 is 52.6 Å². The predicted molar refractivity (Wildman–Crippen MR) is 150 cm³/mol. The number of allylic oxidation sites excluding steroid dienone is 1. The quantitative estimate of drug-likeness (QED) is 0.194. The molecule has 198 valence electrons. The van der Waals surface area contributed by atoms with Gasteiger partial charge in [0.25, 0.3) is 5.91 Å².